The number of aliphatic imine (C=N–C) groups is 1. The first-order chi connectivity index (χ1) is 15.5. The van der Waals surface area contributed by atoms with Crippen LogP contribution in [0.4, 0.5) is 32.0 Å². The number of amides is 1. The molecule has 1 aromatic heterocycles. The Hall–Kier alpha value is -3.63. The third-order valence-electron chi connectivity index (χ3n) is 5.66. The minimum Gasteiger partial charge on any atom is -0.338 e. The Morgan fingerprint density at radius 3 is 2.36 bits per heavy atom. The van der Waals surface area contributed by atoms with Crippen LogP contribution in [-0.4, -0.2) is 40.3 Å². The van der Waals surface area contributed by atoms with Gasteiger partial charge >= 0.3 is 12.4 Å². The van der Waals surface area contributed by atoms with Crippen LogP contribution < -0.4 is 4.90 Å². The summed E-state index contributed by atoms with van der Waals surface area (Å²) in [7, 11) is 0. The van der Waals surface area contributed by atoms with E-state index in [9.17, 15) is 31.1 Å². The molecule has 11 heteroatoms. The number of halogens is 6. The van der Waals surface area contributed by atoms with Gasteiger partial charge < -0.3 is 9.88 Å². The number of hydrogen-bond acceptors (Lipinski definition) is 3. The highest BCUT2D eigenvalue weighted by Gasteiger charge is 2.44. The molecule has 33 heavy (non-hydrogen) atoms. The van der Waals surface area contributed by atoms with Crippen LogP contribution in [0.5, 0.6) is 0 Å². The van der Waals surface area contributed by atoms with Crippen molar-refractivity contribution in [3.63, 3.8) is 0 Å². The molecule has 5 rings (SSSR count). The third kappa shape index (κ3) is 3.77. The van der Waals surface area contributed by atoms with Gasteiger partial charge in [0.25, 0.3) is 0 Å². The molecule has 3 heterocycles. The number of carbonyl (C=O) groups excluding carboxylic acids is 1. The molecule has 0 spiro atoms. The first kappa shape index (κ1) is 21.2. The summed E-state index contributed by atoms with van der Waals surface area (Å²) in [6.45, 7) is 0. The molecule has 1 N–H and O–H groups in total. The highest BCUT2D eigenvalue weighted by Crippen LogP contribution is 2.36. The zero-order valence-electron chi connectivity index (χ0n) is 16.6. The molecule has 5 nitrogen and oxygen atoms in total. The van der Waals surface area contributed by atoms with Crippen LogP contribution >= 0.6 is 0 Å². The average molecular weight is 464 g/mol. The number of dihydropyridines is 1. The minimum absolute atomic E-state index is 0.00430. The third-order valence-corrected chi connectivity index (χ3v) is 5.66. The van der Waals surface area contributed by atoms with Crippen molar-refractivity contribution in [3.05, 3.63) is 59.7 Å². The van der Waals surface area contributed by atoms with Gasteiger partial charge in [0, 0.05) is 17.5 Å². The molecular formula is C22H14F6N4O. The lowest BCUT2D eigenvalue weighted by Gasteiger charge is -2.27. The number of aromatic amines is 1. The molecule has 1 amide bonds. The van der Waals surface area contributed by atoms with Crippen molar-refractivity contribution in [2.45, 2.75) is 30.9 Å². The molecule has 0 aliphatic carbocycles. The van der Waals surface area contributed by atoms with E-state index < -0.39 is 35.6 Å². The predicted molar refractivity (Wildman–Crippen MR) is 109 cm³/mol. The lowest BCUT2D eigenvalue weighted by Crippen LogP contribution is -2.38. The molecule has 0 saturated carbocycles. The van der Waals surface area contributed by atoms with E-state index in [1.807, 2.05) is 0 Å². The van der Waals surface area contributed by atoms with Gasteiger partial charge in [0.1, 0.15) is 5.82 Å². The topological polar surface area (TPSA) is 61.4 Å². The van der Waals surface area contributed by atoms with E-state index in [0.717, 1.165) is 24.4 Å². The highest BCUT2D eigenvalue weighted by molar-refractivity contribution is 5.99. The van der Waals surface area contributed by atoms with Crippen molar-refractivity contribution < 1.29 is 31.1 Å². The Morgan fingerprint density at radius 2 is 1.70 bits per heavy atom. The number of anilines is 1. The van der Waals surface area contributed by atoms with E-state index in [1.165, 1.54) is 11.0 Å². The maximum absolute atomic E-state index is 13.1. The van der Waals surface area contributed by atoms with E-state index in [4.69, 9.17) is 0 Å². The molecule has 2 aliphatic heterocycles. The quantitative estimate of drug-likeness (QED) is 0.524. The van der Waals surface area contributed by atoms with Crippen LogP contribution in [0.15, 0.2) is 59.1 Å². The highest BCUT2D eigenvalue weighted by atomic mass is 19.4. The number of H-pyrrole nitrogens is 1. The second-order valence-electron chi connectivity index (χ2n) is 7.79. The van der Waals surface area contributed by atoms with Crippen molar-refractivity contribution >= 4 is 28.8 Å². The maximum Gasteiger partial charge on any atom is 0.417 e. The Balaban J connectivity index is 1.44. The average Bonchev–Trinajstić information content (AvgIpc) is 3.31. The number of rotatable bonds is 2. The van der Waals surface area contributed by atoms with Gasteiger partial charge in [-0.05, 0) is 48.5 Å². The lowest BCUT2D eigenvalue weighted by atomic mass is 10.0. The largest absolute Gasteiger partial charge is 0.417 e. The van der Waals surface area contributed by atoms with Crippen LogP contribution in [0.2, 0.25) is 0 Å². The number of benzene rings is 2. The van der Waals surface area contributed by atoms with E-state index in [2.05, 4.69) is 15.0 Å². The van der Waals surface area contributed by atoms with Crippen LogP contribution in [0.25, 0.3) is 22.4 Å². The second-order valence-corrected chi connectivity index (χ2v) is 7.79. The lowest BCUT2D eigenvalue weighted by molar-refractivity contribution is -0.137. The molecule has 170 valence electrons. The molecule has 2 aliphatic rings. The Kier molecular flexibility index (Phi) is 4.62. The van der Waals surface area contributed by atoms with E-state index in [0.29, 0.717) is 22.6 Å². The van der Waals surface area contributed by atoms with Crippen LogP contribution in [0.3, 0.4) is 0 Å². The van der Waals surface area contributed by atoms with Crippen molar-refractivity contribution in [2.75, 3.05) is 4.90 Å². The van der Waals surface area contributed by atoms with Crippen LogP contribution in [0.1, 0.15) is 12.0 Å². The van der Waals surface area contributed by atoms with Gasteiger partial charge in [0.15, 0.2) is 0 Å². The number of imidazole rings is 1. The van der Waals surface area contributed by atoms with Crippen LogP contribution in [-0.2, 0) is 11.0 Å². The summed E-state index contributed by atoms with van der Waals surface area (Å²) in [6.07, 6.45) is -7.29. The van der Waals surface area contributed by atoms with Gasteiger partial charge in [0.2, 0.25) is 5.91 Å². The first-order valence-electron chi connectivity index (χ1n) is 9.82. The van der Waals surface area contributed by atoms with Gasteiger partial charge in [-0.2, -0.15) is 26.3 Å². The maximum atomic E-state index is 13.1. The number of alkyl halides is 6. The fourth-order valence-electron chi connectivity index (χ4n) is 4.05. The molecular weight excluding hydrogens is 450 g/mol. The summed E-state index contributed by atoms with van der Waals surface area (Å²) in [5.41, 5.74) is -0.206. The fraction of sp³-hybridized carbons (Fsp3) is 0.227. The number of hydrogen-bond donors (Lipinski definition) is 1. The number of allylic oxidation sites excluding steroid dienone is 1. The predicted octanol–water partition coefficient (Wildman–Crippen LogP) is 5.30. The van der Waals surface area contributed by atoms with Gasteiger partial charge in [-0.25, -0.2) is 4.98 Å². The fourth-order valence-corrected chi connectivity index (χ4v) is 4.05. The summed E-state index contributed by atoms with van der Waals surface area (Å²) in [5.74, 6) is -0.0268. The minimum atomic E-state index is -4.57. The molecule has 1 fully saturated rings. The number of aromatic nitrogens is 2. The zero-order chi connectivity index (χ0) is 23.5. The normalized spacial score (nSPS) is 21.0. The molecule has 3 aromatic rings. The molecule has 0 radical (unpaired) electrons. The van der Waals surface area contributed by atoms with E-state index >= 15 is 0 Å². The summed E-state index contributed by atoms with van der Waals surface area (Å²) in [4.78, 5) is 24.8. The van der Waals surface area contributed by atoms with Crippen LogP contribution in [0, 0.1) is 0 Å². The second kappa shape index (κ2) is 7.19. The first-order valence-corrected chi connectivity index (χ1v) is 9.82. The summed E-state index contributed by atoms with van der Waals surface area (Å²) >= 11 is 0. The van der Waals surface area contributed by atoms with Gasteiger partial charge in [-0.15, -0.1) is 0 Å². The summed E-state index contributed by atoms with van der Waals surface area (Å²) < 4.78 is 78.1. The number of nitrogens with one attached hydrogen (secondary N) is 1. The Bertz CT molecular complexity index is 1300. The van der Waals surface area contributed by atoms with Gasteiger partial charge in [-0.3, -0.25) is 9.79 Å². The SMILES string of the molecule is O=C1CC2N=CC(C(F)(F)F)=CC2N1c1ccc(-c2nc3ccc(C(F)(F)F)cc3[nH]2)cc1. The molecule has 1 saturated heterocycles. The molecule has 2 aromatic carbocycles. The number of nitrogens with zero attached hydrogens (tertiary/aromatic N) is 3. The van der Waals surface area contributed by atoms with Crippen molar-refractivity contribution in [1.29, 1.82) is 0 Å². The smallest absolute Gasteiger partial charge is 0.338 e. The van der Waals surface area contributed by atoms with Gasteiger partial charge in [0.05, 0.1) is 40.7 Å². The molecule has 0 bridgehead atoms. The number of carbonyl (C=O) groups is 1. The Morgan fingerprint density at radius 1 is 0.970 bits per heavy atom. The standard InChI is InChI=1S/C22H14F6N4O/c23-21(24,25)12-3-6-15-16(7-12)31-20(30-15)11-1-4-14(5-2-11)32-18-8-13(22(26,27)28)10-29-17(18)9-19(32)33/h1-8,10,17-18H,9H2,(H,30,31). The zero-order valence-corrected chi connectivity index (χ0v) is 16.6. The summed E-state index contributed by atoms with van der Waals surface area (Å²) in [6, 6.07) is 8.05. The van der Waals surface area contributed by atoms with Gasteiger partial charge in [-0.1, -0.05) is 0 Å². The van der Waals surface area contributed by atoms with Crippen molar-refractivity contribution in [2.24, 2.45) is 4.99 Å². The molecule has 2 atom stereocenters. The monoisotopic (exact) mass is 464 g/mol. The van der Waals surface area contributed by atoms with E-state index in [1.54, 1.807) is 24.3 Å². The number of fused-ring (bicyclic) bond motifs is 2. The summed E-state index contributed by atoms with van der Waals surface area (Å²) in [5, 5.41) is 0. The van der Waals surface area contributed by atoms with Crippen molar-refractivity contribution in [1.82, 2.24) is 9.97 Å². The van der Waals surface area contributed by atoms with E-state index in [-0.39, 0.29) is 17.8 Å². The Labute approximate surface area is 182 Å². The van der Waals surface area contributed by atoms with Crippen molar-refractivity contribution in [3.8, 4) is 11.4 Å². The molecule has 2 unspecified atom stereocenters.